The summed E-state index contributed by atoms with van der Waals surface area (Å²) in [4.78, 5) is 14.3. The monoisotopic (exact) mass is 423 g/mol. The zero-order valence-electron chi connectivity index (χ0n) is 17.4. The van der Waals surface area contributed by atoms with Gasteiger partial charge >= 0.3 is 0 Å². The Kier molecular flexibility index (Phi) is 4.39. The Balaban J connectivity index is 1.29. The molecule has 3 aromatic rings. The number of aromatic nitrogens is 2. The van der Waals surface area contributed by atoms with Crippen molar-refractivity contribution in [3.8, 4) is 11.4 Å². The van der Waals surface area contributed by atoms with Gasteiger partial charge in [-0.3, -0.25) is 4.79 Å². The highest BCUT2D eigenvalue weighted by atomic mass is 19.1. The van der Waals surface area contributed by atoms with Gasteiger partial charge in [0.15, 0.2) is 0 Å². The lowest BCUT2D eigenvalue weighted by atomic mass is 9.57. The number of aryl methyl sites for hydroxylation is 2. The predicted octanol–water partition coefficient (Wildman–Crippen LogP) is 4.49. The summed E-state index contributed by atoms with van der Waals surface area (Å²) in [6.45, 7) is 4.98. The van der Waals surface area contributed by atoms with E-state index in [0.717, 1.165) is 41.5 Å². The van der Waals surface area contributed by atoms with Crippen LogP contribution >= 0.6 is 0 Å². The van der Waals surface area contributed by atoms with Crippen molar-refractivity contribution in [2.45, 2.75) is 32.6 Å². The van der Waals surface area contributed by atoms with Gasteiger partial charge < -0.3 is 10.0 Å². The summed E-state index contributed by atoms with van der Waals surface area (Å²) >= 11 is 0. The van der Waals surface area contributed by atoms with Crippen molar-refractivity contribution in [3.63, 3.8) is 0 Å². The van der Waals surface area contributed by atoms with Gasteiger partial charge in [0, 0.05) is 30.1 Å². The van der Waals surface area contributed by atoms with Gasteiger partial charge in [-0.25, -0.2) is 13.5 Å². The number of likely N-dealkylation sites (tertiary alicyclic amines) is 1. The van der Waals surface area contributed by atoms with Crippen LogP contribution in [0, 0.1) is 30.9 Å². The molecule has 2 aromatic carbocycles. The van der Waals surface area contributed by atoms with E-state index in [1.165, 1.54) is 24.3 Å². The molecule has 5 nitrogen and oxygen atoms in total. The molecule has 1 spiro atoms. The standard InChI is InChI=1S/C24H23F2N3O2/c1-14-7-17(25)3-6-21(14)29-22(8-15(2)27-29)16-10-24(11-16)12-28(13-24)23(31)19-9-18(30)4-5-20(19)26/h3-9,16,30H,10-13H2,1-2H3. The van der Waals surface area contributed by atoms with Crippen LogP contribution in [0.25, 0.3) is 5.69 Å². The predicted molar refractivity (Wildman–Crippen MR) is 111 cm³/mol. The average Bonchev–Trinajstić information content (AvgIpc) is 3.02. The molecule has 0 unspecified atom stereocenters. The molecule has 5 rings (SSSR count). The molecular weight excluding hydrogens is 400 g/mol. The first-order valence-electron chi connectivity index (χ1n) is 10.4. The van der Waals surface area contributed by atoms with E-state index in [0.29, 0.717) is 19.0 Å². The van der Waals surface area contributed by atoms with E-state index in [1.54, 1.807) is 11.0 Å². The van der Waals surface area contributed by atoms with Crippen LogP contribution in [0.3, 0.4) is 0 Å². The molecule has 1 saturated heterocycles. The zero-order chi connectivity index (χ0) is 21.9. The van der Waals surface area contributed by atoms with Gasteiger partial charge in [-0.2, -0.15) is 5.10 Å². The van der Waals surface area contributed by atoms with Gasteiger partial charge in [-0.05, 0) is 74.7 Å². The first-order chi connectivity index (χ1) is 14.7. The number of nitrogens with zero attached hydrogens (tertiary/aromatic N) is 3. The number of benzene rings is 2. The number of amides is 1. The SMILES string of the molecule is Cc1cc(C2CC3(C2)CN(C(=O)c2cc(O)ccc2F)C3)n(-c2ccc(F)cc2C)n1. The van der Waals surface area contributed by atoms with Gasteiger partial charge in [0.1, 0.15) is 17.4 Å². The zero-order valence-corrected chi connectivity index (χ0v) is 17.4. The Bertz CT molecular complexity index is 1190. The molecular formula is C24H23F2N3O2. The van der Waals surface area contributed by atoms with E-state index in [2.05, 4.69) is 11.2 Å². The number of aromatic hydroxyl groups is 1. The molecule has 1 saturated carbocycles. The van der Waals surface area contributed by atoms with Crippen molar-refractivity contribution in [1.29, 1.82) is 0 Å². The quantitative estimate of drug-likeness (QED) is 0.675. The molecule has 1 amide bonds. The van der Waals surface area contributed by atoms with Crippen molar-refractivity contribution in [3.05, 3.63) is 76.6 Å². The first kappa shape index (κ1) is 19.7. The van der Waals surface area contributed by atoms with Gasteiger partial charge in [-0.1, -0.05) is 0 Å². The van der Waals surface area contributed by atoms with Crippen molar-refractivity contribution in [2.75, 3.05) is 13.1 Å². The van der Waals surface area contributed by atoms with E-state index >= 15 is 0 Å². The molecule has 7 heteroatoms. The van der Waals surface area contributed by atoms with Gasteiger partial charge in [0.05, 0.1) is 16.9 Å². The largest absolute Gasteiger partial charge is 0.508 e. The minimum absolute atomic E-state index is 0.0501. The molecule has 1 aromatic heterocycles. The highest BCUT2D eigenvalue weighted by Crippen LogP contribution is 2.56. The summed E-state index contributed by atoms with van der Waals surface area (Å²) in [6.07, 6.45) is 1.84. The number of phenols is 1. The van der Waals surface area contributed by atoms with Crippen LogP contribution in [0.1, 0.15) is 46.1 Å². The van der Waals surface area contributed by atoms with Crippen LogP contribution < -0.4 is 0 Å². The van der Waals surface area contributed by atoms with Crippen molar-refractivity contribution in [2.24, 2.45) is 5.41 Å². The van der Waals surface area contributed by atoms with Crippen LogP contribution in [-0.2, 0) is 0 Å². The molecule has 0 atom stereocenters. The summed E-state index contributed by atoms with van der Waals surface area (Å²) in [5.74, 6) is -1.09. The van der Waals surface area contributed by atoms with Gasteiger partial charge in [0.2, 0.25) is 0 Å². The summed E-state index contributed by atoms with van der Waals surface area (Å²) in [6, 6.07) is 10.3. The number of halogens is 2. The van der Waals surface area contributed by atoms with E-state index < -0.39 is 5.82 Å². The molecule has 2 heterocycles. The molecule has 0 bridgehead atoms. The van der Waals surface area contributed by atoms with E-state index in [-0.39, 0.29) is 28.5 Å². The number of carbonyl (C=O) groups excluding carboxylic acids is 1. The topological polar surface area (TPSA) is 58.4 Å². The lowest BCUT2D eigenvalue weighted by Gasteiger charge is -2.59. The molecule has 1 aliphatic heterocycles. The number of carbonyl (C=O) groups is 1. The number of hydrogen-bond donors (Lipinski definition) is 1. The maximum Gasteiger partial charge on any atom is 0.257 e. The van der Waals surface area contributed by atoms with Gasteiger partial charge in [-0.15, -0.1) is 0 Å². The molecule has 0 radical (unpaired) electrons. The second-order valence-electron chi connectivity index (χ2n) is 8.98. The van der Waals surface area contributed by atoms with Crippen molar-refractivity contribution in [1.82, 2.24) is 14.7 Å². The van der Waals surface area contributed by atoms with Crippen molar-refractivity contribution < 1.29 is 18.7 Å². The molecule has 1 N–H and O–H groups in total. The molecule has 2 aliphatic rings. The summed E-state index contributed by atoms with van der Waals surface area (Å²) < 4.78 is 29.4. The molecule has 2 fully saturated rings. The Hall–Kier alpha value is -3.22. The highest BCUT2D eigenvalue weighted by molar-refractivity contribution is 5.95. The summed E-state index contributed by atoms with van der Waals surface area (Å²) in [5, 5.41) is 14.2. The molecule has 1 aliphatic carbocycles. The number of phenolic OH excluding ortho intramolecular Hbond substituents is 1. The molecule has 31 heavy (non-hydrogen) atoms. The Labute approximate surface area is 178 Å². The first-order valence-corrected chi connectivity index (χ1v) is 10.4. The van der Waals surface area contributed by atoms with Crippen LogP contribution in [0.15, 0.2) is 42.5 Å². The lowest BCUT2D eigenvalue weighted by Crippen LogP contribution is -2.63. The van der Waals surface area contributed by atoms with E-state index in [1.807, 2.05) is 18.5 Å². The summed E-state index contributed by atoms with van der Waals surface area (Å²) in [5.41, 5.74) is 3.66. The molecule has 160 valence electrons. The maximum atomic E-state index is 14.0. The number of hydrogen-bond acceptors (Lipinski definition) is 3. The van der Waals surface area contributed by atoms with Crippen LogP contribution in [0.5, 0.6) is 5.75 Å². The fraction of sp³-hybridized carbons (Fsp3) is 0.333. The fourth-order valence-electron chi connectivity index (χ4n) is 5.07. The smallest absolute Gasteiger partial charge is 0.257 e. The average molecular weight is 423 g/mol. The third kappa shape index (κ3) is 3.28. The second-order valence-corrected chi connectivity index (χ2v) is 8.98. The van der Waals surface area contributed by atoms with Gasteiger partial charge in [0.25, 0.3) is 5.91 Å². The third-order valence-electron chi connectivity index (χ3n) is 6.54. The second kappa shape index (κ2) is 6.90. The fourth-order valence-corrected chi connectivity index (χ4v) is 5.07. The Morgan fingerprint density at radius 3 is 2.55 bits per heavy atom. The minimum atomic E-state index is -0.621. The Morgan fingerprint density at radius 2 is 1.84 bits per heavy atom. The Morgan fingerprint density at radius 1 is 1.10 bits per heavy atom. The highest BCUT2D eigenvalue weighted by Gasteiger charge is 2.54. The van der Waals surface area contributed by atoms with Crippen LogP contribution in [-0.4, -0.2) is 38.8 Å². The lowest BCUT2D eigenvalue weighted by molar-refractivity contribution is -0.0567. The van der Waals surface area contributed by atoms with E-state index in [9.17, 15) is 18.7 Å². The van der Waals surface area contributed by atoms with Crippen molar-refractivity contribution >= 4 is 5.91 Å². The summed E-state index contributed by atoms with van der Waals surface area (Å²) in [7, 11) is 0. The minimum Gasteiger partial charge on any atom is -0.508 e. The normalized spacial score (nSPS) is 17.5. The van der Waals surface area contributed by atoms with Crippen LogP contribution in [0.4, 0.5) is 8.78 Å². The third-order valence-corrected chi connectivity index (χ3v) is 6.54. The van der Waals surface area contributed by atoms with Crippen LogP contribution in [0.2, 0.25) is 0 Å². The number of rotatable bonds is 3. The van der Waals surface area contributed by atoms with E-state index in [4.69, 9.17) is 0 Å². The maximum absolute atomic E-state index is 14.0.